The molecule has 0 aliphatic rings. The van der Waals surface area contributed by atoms with Gasteiger partial charge in [0.1, 0.15) is 0 Å². The molecule has 0 bridgehead atoms. The second-order valence-corrected chi connectivity index (χ2v) is 2.22. The van der Waals surface area contributed by atoms with E-state index in [1.165, 1.54) is 0 Å². The van der Waals surface area contributed by atoms with Gasteiger partial charge < -0.3 is 5.32 Å². The molecule has 0 aliphatic heterocycles. The van der Waals surface area contributed by atoms with E-state index in [2.05, 4.69) is 31.6 Å². The standard InChI is InChI=1S/C10H15N.C2H4/c1-5-7-8-10(4)11-9(3)6-2;1-2/h5-8,11H,1,4H2,2-3H3;1-2H2/b8-7-,9-6+;. The van der Waals surface area contributed by atoms with Gasteiger partial charge in [0.05, 0.1) is 0 Å². The van der Waals surface area contributed by atoms with Gasteiger partial charge in [0, 0.05) is 11.4 Å². The molecule has 0 aromatic carbocycles. The molecule has 0 atom stereocenters. The molecule has 0 unspecified atom stereocenters. The monoisotopic (exact) mass is 177 g/mol. The van der Waals surface area contributed by atoms with E-state index in [4.69, 9.17) is 0 Å². The van der Waals surface area contributed by atoms with Gasteiger partial charge in [-0.05, 0) is 19.9 Å². The highest BCUT2D eigenvalue weighted by molar-refractivity contribution is 5.20. The van der Waals surface area contributed by atoms with E-state index >= 15 is 0 Å². The zero-order valence-corrected chi connectivity index (χ0v) is 8.64. The number of hydrogen-bond donors (Lipinski definition) is 1. The molecule has 72 valence electrons. The largest absolute Gasteiger partial charge is 0.360 e. The van der Waals surface area contributed by atoms with Gasteiger partial charge in [-0.15, -0.1) is 13.2 Å². The van der Waals surface area contributed by atoms with Crippen LogP contribution < -0.4 is 5.32 Å². The highest BCUT2D eigenvalue weighted by Gasteiger charge is 1.85. The van der Waals surface area contributed by atoms with Gasteiger partial charge in [-0.25, -0.2) is 0 Å². The Morgan fingerprint density at radius 3 is 2.23 bits per heavy atom. The summed E-state index contributed by atoms with van der Waals surface area (Å²) in [5.74, 6) is 0. The smallest absolute Gasteiger partial charge is 0.0308 e. The summed E-state index contributed by atoms with van der Waals surface area (Å²) in [5, 5.41) is 3.10. The quantitative estimate of drug-likeness (QED) is 0.511. The molecule has 0 saturated carbocycles. The maximum Gasteiger partial charge on any atom is 0.0308 e. The van der Waals surface area contributed by atoms with Crippen molar-refractivity contribution in [3.05, 3.63) is 62.0 Å². The number of hydrogen-bond acceptors (Lipinski definition) is 1. The Morgan fingerprint density at radius 2 is 1.85 bits per heavy atom. The summed E-state index contributed by atoms with van der Waals surface area (Å²) >= 11 is 0. The molecule has 1 heteroatoms. The minimum absolute atomic E-state index is 0.875. The van der Waals surface area contributed by atoms with Crippen LogP contribution in [0, 0.1) is 0 Å². The number of allylic oxidation sites excluding steroid dienone is 5. The van der Waals surface area contributed by atoms with Crippen molar-refractivity contribution in [3.63, 3.8) is 0 Å². The third-order valence-corrected chi connectivity index (χ3v) is 1.22. The van der Waals surface area contributed by atoms with Crippen molar-refractivity contribution < 1.29 is 0 Å². The average Bonchev–Trinajstić information content (AvgIpc) is 2.17. The van der Waals surface area contributed by atoms with Gasteiger partial charge in [-0.2, -0.15) is 0 Å². The molecule has 0 aromatic heterocycles. The van der Waals surface area contributed by atoms with Crippen molar-refractivity contribution in [2.75, 3.05) is 0 Å². The minimum Gasteiger partial charge on any atom is -0.360 e. The first-order valence-corrected chi connectivity index (χ1v) is 4.08. The molecule has 1 nitrogen and oxygen atoms in total. The molecule has 0 radical (unpaired) electrons. The summed E-state index contributed by atoms with van der Waals surface area (Å²) in [6.07, 6.45) is 7.43. The van der Waals surface area contributed by atoms with E-state index in [-0.39, 0.29) is 0 Å². The molecular weight excluding hydrogens is 158 g/mol. The first kappa shape index (κ1) is 14.0. The average molecular weight is 177 g/mol. The van der Waals surface area contributed by atoms with Crippen molar-refractivity contribution in [1.29, 1.82) is 0 Å². The number of rotatable bonds is 4. The zero-order valence-electron chi connectivity index (χ0n) is 8.64. The van der Waals surface area contributed by atoms with Gasteiger partial charge in [0.25, 0.3) is 0 Å². The molecule has 0 saturated heterocycles. The van der Waals surface area contributed by atoms with Crippen LogP contribution in [-0.2, 0) is 0 Å². The number of nitrogens with one attached hydrogen (secondary N) is 1. The first-order valence-electron chi connectivity index (χ1n) is 4.08. The lowest BCUT2D eigenvalue weighted by Gasteiger charge is -2.03. The summed E-state index contributed by atoms with van der Waals surface area (Å²) in [6, 6.07) is 0. The maximum atomic E-state index is 3.79. The fraction of sp³-hybridized carbons (Fsp3) is 0.167. The van der Waals surface area contributed by atoms with Gasteiger partial charge in [-0.3, -0.25) is 0 Å². The summed E-state index contributed by atoms with van der Waals surface area (Å²) in [7, 11) is 0. The van der Waals surface area contributed by atoms with Gasteiger partial charge in [-0.1, -0.05) is 31.4 Å². The SMILES string of the molecule is C=C.C=C/C=C\C(=C)N/C(C)=C/C. The molecule has 0 amide bonds. The van der Waals surface area contributed by atoms with Gasteiger partial charge in [0.15, 0.2) is 0 Å². The molecule has 0 heterocycles. The second kappa shape index (κ2) is 10.5. The Labute approximate surface area is 81.9 Å². The minimum atomic E-state index is 0.875. The molecule has 0 aliphatic carbocycles. The van der Waals surface area contributed by atoms with Crippen LogP contribution in [0.1, 0.15) is 13.8 Å². The predicted octanol–water partition coefficient (Wildman–Crippen LogP) is 3.56. The highest BCUT2D eigenvalue weighted by atomic mass is 14.9. The van der Waals surface area contributed by atoms with Crippen molar-refractivity contribution in [3.8, 4) is 0 Å². The molecule has 0 spiro atoms. The molecule has 0 rings (SSSR count). The molecule has 13 heavy (non-hydrogen) atoms. The second-order valence-electron chi connectivity index (χ2n) is 2.22. The fourth-order valence-corrected chi connectivity index (χ4v) is 0.551. The Balaban J connectivity index is 0. The van der Waals surface area contributed by atoms with Crippen molar-refractivity contribution in [1.82, 2.24) is 5.32 Å². The van der Waals surface area contributed by atoms with Crippen LogP contribution in [0.5, 0.6) is 0 Å². The Kier molecular flexibility index (Phi) is 11.3. The van der Waals surface area contributed by atoms with Crippen molar-refractivity contribution in [2.24, 2.45) is 0 Å². The van der Waals surface area contributed by atoms with Gasteiger partial charge in [0.2, 0.25) is 0 Å². The lowest BCUT2D eigenvalue weighted by molar-refractivity contribution is 1.00. The highest BCUT2D eigenvalue weighted by Crippen LogP contribution is 1.93. The Bertz CT molecular complexity index is 209. The van der Waals surface area contributed by atoms with Crippen molar-refractivity contribution in [2.45, 2.75) is 13.8 Å². The fourth-order valence-electron chi connectivity index (χ4n) is 0.551. The lowest BCUT2D eigenvalue weighted by Crippen LogP contribution is -2.06. The topological polar surface area (TPSA) is 12.0 Å². The summed E-state index contributed by atoms with van der Waals surface area (Å²) < 4.78 is 0. The zero-order chi connectivity index (χ0) is 10.7. The lowest BCUT2D eigenvalue weighted by atomic mass is 10.3. The van der Waals surface area contributed by atoms with E-state index < -0.39 is 0 Å². The van der Waals surface area contributed by atoms with E-state index in [1.54, 1.807) is 6.08 Å². The molecule has 1 N–H and O–H groups in total. The van der Waals surface area contributed by atoms with E-state index in [0.29, 0.717) is 0 Å². The van der Waals surface area contributed by atoms with Crippen LogP contribution in [0.3, 0.4) is 0 Å². The molecule has 0 fully saturated rings. The third kappa shape index (κ3) is 10.5. The molecular formula is C12H19N. The summed E-state index contributed by atoms with van der Waals surface area (Å²) in [6.45, 7) is 17.3. The van der Waals surface area contributed by atoms with Gasteiger partial charge >= 0.3 is 0 Å². The first-order chi connectivity index (χ1) is 6.20. The van der Waals surface area contributed by atoms with Crippen LogP contribution in [0.2, 0.25) is 0 Å². The van der Waals surface area contributed by atoms with Crippen LogP contribution in [-0.4, -0.2) is 0 Å². The Hall–Kier alpha value is -1.50. The van der Waals surface area contributed by atoms with E-state index in [9.17, 15) is 0 Å². The van der Waals surface area contributed by atoms with Crippen molar-refractivity contribution >= 4 is 0 Å². The summed E-state index contributed by atoms with van der Waals surface area (Å²) in [5.41, 5.74) is 1.98. The van der Waals surface area contributed by atoms with Crippen LogP contribution in [0.25, 0.3) is 0 Å². The maximum absolute atomic E-state index is 3.79. The predicted molar refractivity (Wildman–Crippen MR) is 62.3 cm³/mol. The Morgan fingerprint density at radius 1 is 1.31 bits per heavy atom. The van der Waals surface area contributed by atoms with E-state index in [0.717, 1.165) is 11.4 Å². The van der Waals surface area contributed by atoms with Crippen LogP contribution in [0.15, 0.2) is 62.0 Å². The van der Waals surface area contributed by atoms with E-state index in [1.807, 2.05) is 32.1 Å². The summed E-state index contributed by atoms with van der Waals surface area (Å²) in [4.78, 5) is 0. The molecule has 0 aromatic rings. The van der Waals surface area contributed by atoms with Crippen LogP contribution in [0.4, 0.5) is 0 Å². The van der Waals surface area contributed by atoms with Crippen LogP contribution >= 0.6 is 0 Å². The normalized spacial score (nSPS) is 10.2. The third-order valence-electron chi connectivity index (χ3n) is 1.22.